The Morgan fingerprint density at radius 3 is 2.00 bits per heavy atom. The zero-order valence-electron chi connectivity index (χ0n) is 9.40. The Morgan fingerprint density at radius 1 is 1.19 bits per heavy atom. The van der Waals surface area contributed by atoms with Crippen molar-refractivity contribution in [2.45, 2.75) is 27.2 Å². The number of carbonyl (C=O) groups excluding carboxylic acids is 1. The highest BCUT2D eigenvalue weighted by Crippen LogP contribution is 2.26. The van der Waals surface area contributed by atoms with Gasteiger partial charge in [-0.05, 0) is 18.6 Å². The van der Waals surface area contributed by atoms with Gasteiger partial charge in [0.2, 0.25) is 0 Å². The van der Waals surface area contributed by atoms with E-state index in [9.17, 15) is 18.0 Å². The maximum Gasteiger partial charge on any atom is 0.194 e. The number of hydrogen-bond donors (Lipinski definition) is 0. The summed E-state index contributed by atoms with van der Waals surface area (Å²) in [6.45, 7) is 5.15. The van der Waals surface area contributed by atoms with Crippen LogP contribution in [0.1, 0.15) is 37.6 Å². The van der Waals surface area contributed by atoms with Gasteiger partial charge in [0.1, 0.15) is 0 Å². The molecule has 0 atom stereocenters. The molecule has 0 aliphatic carbocycles. The van der Waals surface area contributed by atoms with Gasteiger partial charge in [0.05, 0.1) is 0 Å². The predicted molar refractivity (Wildman–Crippen MR) is 54.7 cm³/mol. The van der Waals surface area contributed by atoms with Crippen LogP contribution < -0.4 is 0 Å². The summed E-state index contributed by atoms with van der Waals surface area (Å²) in [6, 6.07) is 1.47. The highest BCUT2D eigenvalue weighted by Gasteiger charge is 2.28. The summed E-state index contributed by atoms with van der Waals surface area (Å²) < 4.78 is 38.5. The lowest BCUT2D eigenvalue weighted by molar-refractivity contribution is 0.0832. The molecule has 0 radical (unpaired) electrons. The molecule has 0 aromatic heterocycles. The van der Waals surface area contributed by atoms with E-state index in [-0.39, 0.29) is 5.56 Å². The maximum atomic E-state index is 12.9. The normalized spacial score (nSPS) is 11.6. The molecule has 0 heterocycles. The first-order chi connectivity index (χ1) is 7.29. The van der Waals surface area contributed by atoms with Crippen LogP contribution in [0.4, 0.5) is 13.2 Å². The number of hydrogen-bond acceptors (Lipinski definition) is 1. The minimum absolute atomic E-state index is 0.136. The first-order valence-electron chi connectivity index (χ1n) is 4.99. The fraction of sp³-hybridized carbons (Fsp3) is 0.417. The van der Waals surface area contributed by atoms with Crippen LogP contribution >= 0.6 is 0 Å². The molecule has 1 aromatic carbocycles. The third kappa shape index (κ3) is 2.26. The smallest absolute Gasteiger partial charge is 0.194 e. The highest BCUT2D eigenvalue weighted by molar-refractivity contribution is 6.00. The van der Waals surface area contributed by atoms with Gasteiger partial charge in [-0.25, -0.2) is 13.2 Å². The second-order valence-corrected chi connectivity index (χ2v) is 4.32. The number of halogens is 3. The lowest BCUT2D eigenvalue weighted by Gasteiger charge is -2.20. The molecular formula is C12H13F3O. The van der Waals surface area contributed by atoms with E-state index in [4.69, 9.17) is 0 Å². The molecule has 16 heavy (non-hydrogen) atoms. The summed E-state index contributed by atoms with van der Waals surface area (Å²) in [6.07, 6.45) is 0.534. The molecule has 1 aromatic rings. The van der Waals surface area contributed by atoms with Crippen LogP contribution in [0, 0.1) is 22.9 Å². The standard InChI is InChI=1S/C12H13F3O/c1-4-12(2,3)11(16)7-5-8(13)10(15)9(14)6-7/h5-6H,4H2,1-3H3. The van der Waals surface area contributed by atoms with Crippen LogP contribution in [0.5, 0.6) is 0 Å². The molecule has 0 bridgehead atoms. The quantitative estimate of drug-likeness (QED) is 0.571. The van der Waals surface area contributed by atoms with Gasteiger partial charge in [0, 0.05) is 11.0 Å². The lowest BCUT2D eigenvalue weighted by atomic mass is 9.82. The molecule has 0 saturated carbocycles. The van der Waals surface area contributed by atoms with Gasteiger partial charge < -0.3 is 0 Å². The summed E-state index contributed by atoms with van der Waals surface area (Å²) in [5.41, 5.74) is -0.847. The Balaban J connectivity index is 3.21. The van der Waals surface area contributed by atoms with Crippen LogP contribution in [-0.2, 0) is 0 Å². The molecule has 0 unspecified atom stereocenters. The SMILES string of the molecule is CCC(C)(C)C(=O)c1cc(F)c(F)c(F)c1. The van der Waals surface area contributed by atoms with Gasteiger partial charge in [-0.3, -0.25) is 4.79 Å². The maximum absolute atomic E-state index is 12.9. The van der Waals surface area contributed by atoms with Crippen LogP contribution in [0.2, 0.25) is 0 Å². The number of benzene rings is 1. The first-order valence-corrected chi connectivity index (χ1v) is 4.99. The average molecular weight is 230 g/mol. The summed E-state index contributed by atoms with van der Waals surface area (Å²) in [4.78, 5) is 11.9. The summed E-state index contributed by atoms with van der Waals surface area (Å²) >= 11 is 0. The van der Waals surface area contributed by atoms with Gasteiger partial charge in [0.25, 0.3) is 0 Å². The van der Waals surface area contributed by atoms with E-state index in [2.05, 4.69) is 0 Å². The number of Topliss-reactive ketones (excluding diaryl/α,β-unsaturated/α-hetero) is 1. The van der Waals surface area contributed by atoms with Crippen LogP contribution in [0.3, 0.4) is 0 Å². The van der Waals surface area contributed by atoms with E-state index in [0.717, 1.165) is 12.1 Å². The molecule has 0 spiro atoms. The molecular weight excluding hydrogens is 217 g/mol. The summed E-state index contributed by atoms with van der Waals surface area (Å²) in [7, 11) is 0. The Kier molecular flexibility index (Phi) is 3.41. The molecule has 4 heteroatoms. The monoisotopic (exact) mass is 230 g/mol. The third-order valence-corrected chi connectivity index (χ3v) is 2.74. The molecule has 0 aliphatic rings. The van der Waals surface area contributed by atoms with E-state index in [1.54, 1.807) is 20.8 Å². The van der Waals surface area contributed by atoms with Crippen molar-refractivity contribution in [1.29, 1.82) is 0 Å². The van der Waals surface area contributed by atoms with Crippen molar-refractivity contribution in [2.75, 3.05) is 0 Å². The second-order valence-electron chi connectivity index (χ2n) is 4.32. The van der Waals surface area contributed by atoms with Crippen LogP contribution in [0.15, 0.2) is 12.1 Å². The largest absolute Gasteiger partial charge is 0.294 e. The Hall–Kier alpha value is -1.32. The van der Waals surface area contributed by atoms with E-state index in [1.807, 2.05) is 0 Å². The Morgan fingerprint density at radius 2 is 1.62 bits per heavy atom. The number of ketones is 1. The van der Waals surface area contributed by atoms with Crippen molar-refractivity contribution in [3.8, 4) is 0 Å². The zero-order valence-corrected chi connectivity index (χ0v) is 9.40. The average Bonchev–Trinajstić information content (AvgIpc) is 2.24. The molecule has 0 aliphatic heterocycles. The second kappa shape index (κ2) is 4.28. The van der Waals surface area contributed by atoms with Gasteiger partial charge >= 0.3 is 0 Å². The van der Waals surface area contributed by atoms with E-state index >= 15 is 0 Å². The Bertz CT molecular complexity index is 401. The zero-order chi connectivity index (χ0) is 12.5. The fourth-order valence-corrected chi connectivity index (χ4v) is 1.24. The Labute approximate surface area is 92.3 Å². The summed E-state index contributed by atoms with van der Waals surface area (Å²) in [5, 5.41) is 0. The van der Waals surface area contributed by atoms with Crippen LogP contribution in [0.25, 0.3) is 0 Å². The number of carbonyl (C=O) groups is 1. The van der Waals surface area contributed by atoms with Gasteiger partial charge in [0.15, 0.2) is 23.2 Å². The van der Waals surface area contributed by atoms with Crippen molar-refractivity contribution in [3.63, 3.8) is 0 Å². The third-order valence-electron chi connectivity index (χ3n) is 2.74. The van der Waals surface area contributed by atoms with Crippen molar-refractivity contribution in [1.82, 2.24) is 0 Å². The van der Waals surface area contributed by atoms with Crippen molar-refractivity contribution in [3.05, 3.63) is 35.1 Å². The minimum Gasteiger partial charge on any atom is -0.294 e. The van der Waals surface area contributed by atoms with E-state index < -0.39 is 28.6 Å². The molecule has 0 amide bonds. The highest BCUT2D eigenvalue weighted by atomic mass is 19.2. The molecule has 0 N–H and O–H groups in total. The van der Waals surface area contributed by atoms with Gasteiger partial charge in [-0.15, -0.1) is 0 Å². The van der Waals surface area contributed by atoms with Crippen molar-refractivity contribution >= 4 is 5.78 Å². The van der Waals surface area contributed by atoms with Crippen molar-refractivity contribution in [2.24, 2.45) is 5.41 Å². The van der Waals surface area contributed by atoms with E-state index in [1.165, 1.54) is 0 Å². The summed E-state index contributed by atoms with van der Waals surface area (Å²) in [5.74, 6) is -4.62. The first kappa shape index (κ1) is 12.7. The van der Waals surface area contributed by atoms with Gasteiger partial charge in [-0.2, -0.15) is 0 Å². The van der Waals surface area contributed by atoms with Crippen molar-refractivity contribution < 1.29 is 18.0 Å². The van der Waals surface area contributed by atoms with E-state index in [0.29, 0.717) is 6.42 Å². The van der Waals surface area contributed by atoms with Gasteiger partial charge in [-0.1, -0.05) is 20.8 Å². The predicted octanol–water partition coefficient (Wildman–Crippen LogP) is 3.72. The topological polar surface area (TPSA) is 17.1 Å². The molecule has 88 valence electrons. The molecule has 1 rings (SSSR count). The molecule has 0 fully saturated rings. The molecule has 1 nitrogen and oxygen atoms in total. The lowest BCUT2D eigenvalue weighted by Crippen LogP contribution is -2.23. The van der Waals surface area contributed by atoms with Crippen LogP contribution in [-0.4, -0.2) is 5.78 Å². The fourth-order valence-electron chi connectivity index (χ4n) is 1.24. The minimum atomic E-state index is -1.55. The molecule has 0 saturated heterocycles. The number of rotatable bonds is 3.